The van der Waals surface area contributed by atoms with Crippen molar-refractivity contribution in [1.82, 2.24) is 4.90 Å². The van der Waals surface area contributed by atoms with Gasteiger partial charge in [0.2, 0.25) is 0 Å². The van der Waals surface area contributed by atoms with Crippen LogP contribution in [0.5, 0.6) is 5.75 Å². The van der Waals surface area contributed by atoms with Crippen LogP contribution in [0.3, 0.4) is 0 Å². The maximum Gasteiger partial charge on any atom is 0.345 e. The lowest BCUT2D eigenvalue weighted by molar-refractivity contribution is -0.147. The predicted octanol–water partition coefficient (Wildman–Crippen LogP) is 6.61. The average Bonchev–Trinajstić information content (AvgIpc) is 3.12. The molecule has 7 heteroatoms. The number of aliphatic imine (C=N–C) groups is 1. The topological polar surface area (TPSA) is 79.2 Å². The highest BCUT2D eigenvalue weighted by molar-refractivity contribution is 6.08. The van der Waals surface area contributed by atoms with E-state index in [-0.39, 0.29) is 11.8 Å². The van der Waals surface area contributed by atoms with E-state index >= 15 is 0 Å². The van der Waals surface area contributed by atoms with E-state index in [4.69, 9.17) is 9.73 Å². The normalized spacial score (nSPS) is 17.8. The van der Waals surface area contributed by atoms with Crippen LogP contribution in [0.15, 0.2) is 47.5 Å². The third-order valence-corrected chi connectivity index (χ3v) is 7.39. The zero-order valence-corrected chi connectivity index (χ0v) is 22.0. The second-order valence-corrected chi connectivity index (χ2v) is 10.6. The first kappa shape index (κ1) is 26.8. The summed E-state index contributed by atoms with van der Waals surface area (Å²) in [5.74, 6) is -0.392. The Morgan fingerprint density at radius 3 is 2.46 bits per heavy atom. The Morgan fingerprint density at radius 1 is 1.14 bits per heavy atom. The van der Waals surface area contributed by atoms with Crippen LogP contribution in [0.4, 0.5) is 4.39 Å². The Hall–Kier alpha value is -3.22. The summed E-state index contributed by atoms with van der Waals surface area (Å²) in [6.07, 6.45) is 6.71. The molecule has 1 amide bonds. The lowest BCUT2D eigenvalue weighted by Crippen LogP contribution is -2.43. The molecule has 37 heavy (non-hydrogen) atoms. The number of carboxylic acid groups (broad SMARTS) is 1. The van der Waals surface area contributed by atoms with E-state index in [0.29, 0.717) is 23.4 Å². The van der Waals surface area contributed by atoms with Crippen LogP contribution in [-0.2, 0) is 16.1 Å². The molecule has 198 valence electrons. The minimum absolute atomic E-state index is 0.122. The quantitative estimate of drug-likeness (QED) is 0.391. The fraction of sp³-hybridized carbons (Fsp3) is 0.500. The summed E-state index contributed by atoms with van der Waals surface area (Å²) >= 11 is 0. The van der Waals surface area contributed by atoms with Gasteiger partial charge in [0, 0.05) is 17.9 Å². The van der Waals surface area contributed by atoms with Gasteiger partial charge in [-0.3, -0.25) is 14.7 Å². The van der Waals surface area contributed by atoms with Crippen LogP contribution >= 0.6 is 0 Å². The van der Waals surface area contributed by atoms with Gasteiger partial charge in [-0.05, 0) is 48.6 Å². The standard InChI is InChI=1S/C30H37FN2O4/c1-4-5-9-26-32-30(16-7-6-8-17-30)29(36)33(26)19-21-10-12-22(13-11-21)24-18-23(14-15-25(24)31)37-27(20(2)3)28(34)35/h10-15,18,20,27H,4-9,16-17,19H2,1-3H3,(H,34,35). The number of carbonyl (C=O) groups is 2. The van der Waals surface area contributed by atoms with Crippen molar-refractivity contribution < 1.29 is 23.8 Å². The van der Waals surface area contributed by atoms with E-state index < -0.39 is 23.4 Å². The Bertz CT molecular complexity index is 1150. The molecule has 1 saturated carbocycles. The van der Waals surface area contributed by atoms with Gasteiger partial charge in [-0.15, -0.1) is 0 Å². The van der Waals surface area contributed by atoms with E-state index in [1.807, 2.05) is 29.2 Å². The number of rotatable bonds is 10. The summed E-state index contributed by atoms with van der Waals surface area (Å²) in [5.41, 5.74) is 1.36. The summed E-state index contributed by atoms with van der Waals surface area (Å²) in [7, 11) is 0. The van der Waals surface area contributed by atoms with Crippen LogP contribution in [0, 0.1) is 11.7 Å². The molecule has 1 unspecified atom stereocenters. The maximum atomic E-state index is 14.7. The number of halogens is 1. The molecular formula is C30H37FN2O4. The highest BCUT2D eigenvalue weighted by Crippen LogP contribution is 2.39. The molecule has 1 aliphatic carbocycles. The van der Waals surface area contributed by atoms with Crippen LogP contribution < -0.4 is 4.74 Å². The number of hydrogen-bond donors (Lipinski definition) is 1. The van der Waals surface area contributed by atoms with E-state index in [0.717, 1.165) is 62.8 Å². The van der Waals surface area contributed by atoms with Gasteiger partial charge in [-0.25, -0.2) is 9.18 Å². The number of carboxylic acids is 1. The van der Waals surface area contributed by atoms with E-state index in [1.54, 1.807) is 13.8 Å². The summed E-state index contributed by atoms with van der Waals surface area (Å²) in [6.45, 7) is 6.12. The first-order chi connectivity index (χ1) is 17.7. The number of amidine groups is 1. The number of amides is 1. The summed E-state index contributed by atoms with van der Waals surface area (Å²) in [6, 6.07) is 11.8. The molecule has 1 atom stereocenters. The van der Waals surface area contributed by atoms with Gasteiger partial charge in [0.05, 0.1) is 6.54 Å². The molecule has 1 N–H and O–H groups in total. The van der Waals surface area contributed by atoms with E-state index in [2.05, 4.69) is 6.92 Å². The summed E-state index contributed by atoms with van der Waals surface area (Å²) in [5, 5.41) is 9.42. The molecule has 1 fully saturated rings. The van der Waals surface area contributed by atoms with Crippen molar-refractivity contribution in [1.29, 1.82) is 0 Å². The third-order valence-electron chi connectivity index (χ3n) is 7.39. The van der Waals surface area contributed by atoms with Crippen molar-refractivity contribution in [3.05, 3.63) is 53.8 Å². The molecule has 0 aromatic heterocycles. The van der Waals surface area contributed by atoms with Gasteiger partial charge in [-0.1, -0.05) is 70.7 Å². The summed E-state index contributed by atoms with van der Waals surface area (Å²) in [4.78, 5) is 31.9. The van der Waals surface area contributed by atoms with Crippen molar-refractivity contribution in [2.75, 3.05) is 0 Å². The first-order valence-electron chi connectivity index (χ1n) is 13.4. The van der Waals surface area contributed by atoms with Gasteiger partial charge in [0.1, 0.15) is 22.9 Å². The first-order valence-corrected chi connectivity index (χ1v) is 13.4. The Kier molecular flexibility index (Phi) is 8.30. The minimum atomic E-state index is -1.06. The largest absolute Gasteiger partial charge is 0.478 e. The molecule has 2 aromatic rings. The fourth-order valence-corrected chi connectivity index (χ4v) is 5.26. The maximum absolute atomic E-state index is 14.7. The second kappa shape index (κ2) is 11.4. The van der Waals surface area contributed by atoms with E-state index in [1.165, 1.54) is 18.2 Å². The number of benzene rings is 2. The highest BCUT2D eigenvalue weighted by atomic mass is 19.1. The number of nitrogens with zero attached hydrogens (tertiary/aromatic N) is 2. The number of aliphatic carboxylic acids is 1. The van der Waals surface area contributed by atoms with Crippen LogP contribution in [-0.4, -0.2) is 39.4 Å². The second-order valence-electron chi connectivity index (χ2n) is 10.6. The molecule has 6 nitrogen and oxygen atoms in total. The molecule has 1 aliphatic heterocycles. The molecule has 2 aromatic carbocycles. The van der Waals surface area contributed by atoms with Gasteiger partial charge in [0.25, 0.3) is 5.91 Å². The van der Waals surface area contributed by atoms with Gasteiger partial charge >= 0.3 is 5.97 Å². The monoisotopic (exact) mass is 508 g/mol. The van der Waals surface area contributed by atoms with Crippen molar-refractivity contribution >= 4 is 17.7 Å². The molecule has 0 bridgehead atoms. The molecule has 1 spiro atoms. The zero-order chi connectivity index (χ0) is 26.6. The molecule has 1 heterocycles. The van der Waals surface area contributed by atoms with Crippen LogP contribution in [0.2, 0.25) is 0 Å². The van der Waals surface area contributed by atoms with Gasteiger partial charge in [0.15, 0.2) is 6.10 Å². The summed E-state index contributed by atoms with van der Waals surface area (Å²) < 4.78 is 20.4. The van der Waals surface area contributed by atoms with Crippen molar-refractivity contribution in [2.24, 2.45) is 10.9 Å². The zero-order valence-electron chi connectivity index (χ0n) is 22.0. The molecule has 0 radical (unpaired) electrons. The molecule has 4 rings (SSSR count). The lowest BCUT2D eigenvalue weighted by atomic mass is 9.82. The van der Waals surface area contributed by atoms with Crippen LogP contribution in [0.25, 0.3) is 11.1 Å². The van der Waals surface area contributed by atoms with Crippen molar-refractivity contribution in [3.8, 4) is 16.9 Å². The predicted molar refractivity (Wildman–Crippen MR) is 142 cm³/mol. The third kappa shape index (κ3) is 5.86. The number of unbranched alkanes of at least 4 members (excludes halogenated alkanes) is 1. The SMILES string of the molecule is CCCCC1=NC2(CCCCC2)C(=O)N1Cc1ccc(-c2cc(OC(C(=O)O)C(C)C)ccc2F)cc1. The Morgan fingerprint density at radius 2 is 1.84 bits per heavy atom. The number of ether oxygens (including phenoxy) is 1. The highest BCUT2D eigenvalue weighted by Gasteiger charge is 2.48. The lowest BCUT2D eigenvalue weighted by Gasteiger charge is -2.29. The Balaban J connectivity index is 1.53. The van der Waals surface area contributed by atoms with Gasteiger partial charge in [-0.2, -0.15) is 0 Å². The molecule has 2 aliphatic rings. The van der Waals surface area contributed by atoms with Crippen LogP contribution in [0.1, 0.15) is 77.7 Å². The van der Waals surface area contributed by atoms with E-state index in [9.17, 15) is 19.1 Å². The Labute approximate surface area is 218 Å². The van der Waals surface area contributed by atoms with Crippen molar-refractivity contribution in [2.45, 2.75) is 90.3 Å². The minimum Gasteiger partial charge on any atom is -0.478 e. The average molecular weight is 509 g/mol. The van der Waals surface area contributed by atoms with Crippen molar-refractivity contribution in [3.63, 3.8) is 0 Å². The fourth-order valence-electron chi connectivity index (χ4n) is 5.26. The number of carbonyl (C=O) groups excluding carboxylic acids is 1. The smallest absolute Gasteiger partial charge is 0.345 e. The molecule has 0 saturated heterocycles. The number of hydrogen-bond acceptors (Lipinski definition) is 4. The molecular weight excluding hydrogens is 471 g/mol. The van der Waals surface area contributed by atoms with Gasteiger partial charge < -0.3 is 9.84 Å².